The van der Waals surface area contributed by atoms with E-state index in [1.165, 1.54) is 18.0 Å². The normalized spacial score (nSPS) is 10.5. The summed E-state index contributed by atoms with van der Waals surface area (Å²) in [6.07, 6.45) is 0.0875. The molecule has 3 aromatic rings. The second-order valence-corrected chi connectivity index (χ2v) is 5.97. The van der Waals surface area contributed by atoms with Gasteiger partial charge in [-0.3, -0.25) is 9.59 Å². The van der Waals surface area contributed by atoms with Crippen molar-refractivity contribution in [1.82, 2.24) is 5.32 Å². The van der Waals surface area contributed by atoms with Gasteiger partial charge in [0.25, 0.3) is 5.91 Å². The summed E-state index contributed by atoms with van der Waals surface area (Å²) in [7, 11) is 1.52. The van der Waals surface area contributed by atoms with Crippen molar-refractivity contribution in [2.45, 2.75) is 6.42 Å². The Hall–Kier alpha value is -3.21. The Kier molecular flexibility index (Phi) is 5.27. The minimum atomic E-state index is -0.455. The molecule has 0 bridgehead atoms. The molecule has 0 saturated heterocycles. The number of fused-ring (bicyclic) bond motifs is 1. The molecule has 0 spiro atoms. The Morgan fingerprint density at radius 3 is 2.42 bits per heavy atom. The van der Waals surface area contributed by atoms with E-state index in [9.17, 15) is 14.0 Å². The Bertz CT molecular complexity index is 955. The number of para-hydroxylation sites is 1. The maximum absolute atomic E-state index is 13.7. The molecular weight excluding hydrogens is 331 g/mol. The fourth-order valence-electron chi connectivity index (χ4n) is 2.74. The summed E-state index contributed by atoms with van der Waals surface area (Å²) in [5.74, 6) is -0.963. The van der Waals surface area contributed by atoms with Crippen molar-refractivity contribution in [3.05, 3.63) is 78.1 Å². The number of carbonyl (C=O) groups excluding carboxylic acids is 2. The monoisotopic (exact) mass is 350 g/mol. The molecule has 132 valence electrons. The minimum absolute atomic E-state index is 0.0875. The Morgan fingerprint density at radius 2 is 1.65 bits per heavy atom. The fourth-order valence-corrected chi connectivity index (χ4v) is 2.74. The van der Waals surface area contributed by atoms with Gasteiger partial charge in [0.05, 0.1) is 5.69 Å². The van der Waals surface area contributed by atoms with Gasteiger partial charge in [-0.15, -0.1) is 0 Å². The lowest BCUT2D eigenvalue weighted by atomic mass is 10.1. The molecule has 5 heteroatoms. The number of nitrogens with one attached hydrogen (secondary N) is 1. The number of nitrogens with zero attached hydrogens (tertiary/aromatic N) is 1. The number of amides is 2. The van der Waals surface area contributed by atoms with E-state index in [-0.39, 0.29) is 30.5 Å². The molecule has 0 aliphatic heterocycles. The molecule has 0 aromatic heterocycles. The summed E-state index contributed by atoms with van der Waals surface area (Å²) >= 11 is 0. The Balaban J connectivity index is 1.57. The van der Waals surface area contributed by atoms with Gasteiger partial charge in [0.2, 0.25) is 5.91 Å². The molecule has 0 fully saturated rings. The van der Waals surface area contributed by atoms with Crippen LogP contribution in [0.15, 0.2) is 66.7 Å². The highest BCUT2D eigenvalue weighted by atomic mass is 19.1. The highest BCUT2D eigenvalue weighted by Gasteiger charge is 2.14. The Labute approximate surface area is 151 Å². The van der Waals surface area contributed by atoms with E-state index >= 15 is 0 Å². The van der Waals surface area contributed by atoms with E-state index in [4.69, 9.17) is 0 Å². The SMILES string of the molecule is CN(C(=O)CCNC(=O)c1ccc2ccccc2c1)c1ccccc1F. The first kappa shape index (κ1) is 17.6. The fraction of sp³-hybridized carbons (Fsp3) is 0.143. The van der Waals surface area contributed by atoms with Crippen molar-refractivity contribution in [3.8, 4) is 0 Å². The van der Waals surface area contributed by atoms with Crippen molar-refractivity contribution in [1.29, 1.82) is 0 Å². The largest absolute Gasteiger partial charge is 0.352 e. The van der Waals surface area contributed by atoms with Gasteiger partial charge in [0, 0.05) is 25.6 Å². The highest BCUT2D eigenvalue weighted by Crippen LogP contribution is 2.18. The van der Waals surface area contributed by atoms with Gasteiger partial charge in [-0.1, -0.05) is 42.5 Å². The van der Waals surface area contributed by atoms with Gasteiger partial charge in [0.1, 0.15) is 5.82 Å². The van der Waals surface area contributed by atoms with Crippen LogP contribution < -0.4 is 10.2 Å². The van der Waals surface area contributed by atoms with E-state index in [0.29, 0.717) is 5.56 Å². The maximum Gasteiger partial charge on any atom is 0.251 e. The van der Waals surface area contributed by atoms with Gasteiger partial charge in [-0.25, -0.2) is 4.39 Å². The second kappa shape index (κ2) is 7.78. The molecule has 2 amide bonds. The lowest BCUT2D eigenvalue weighted by Crippen LogP contribution is -2.32. The molecule has 0 heterocycles. The smallest absolute Gasteiger partial charge is 0.251 e. The lowest BCUT2D eigenvalue weighted by molar-refractivity contribution is -0.118. The zero-order valence-corrected chi connectivity index (χ0v) is 14.4. The van der Waals surface area contributed by atoms with E-state index in [0.717, 1.165) is 10.8 Å². The molecule has 0 aliphatic rings. The number of hydrogen-bond donors (Lipinski definition) is 1. The van der Waals surface area contributed by atoms with Crippen LogP contribution in [0.1, 0.15) is 16.8 Å². The van der Waals surface area contributed by atoms with Crippen molar-refractivity contribution >= 4 is 28.3 Å². The van der Waals surface area contributed by atoms with E-state index < -0.39 is 5.82 Å². The number of rotatable bonds is 5. The van der Waals surface area contributed by atoms with Crippen LogP contribution in [0.4, 0.5) is 10.1 Å². The molecular formula is C21H19FN2O2. The average molecular weight is 350 g/mol. The van der Waals surface area contributed by atoms with Gasteiger partial charge in [-0.05, 0) is 35.0 Å². The van der Waals surface area contributed by atoms with E-state index in [1.807, 2.05) is 36.4 Å². The summed E-state index contributed by atoms with van der Waals surface area (Å²) in [5.41, 5.74) is 0.761. The number of hydrogen-bond acceptors (Lipinski definition) is 2. The first-order valence-corrected chi connectivity index (χ1v) is 8.34. The zero-order chi connectivity index (χ0) is 18.5. The molecule has 0 unspecified atom stereocenters. The first-order valence-electron chi connectivity index (χ1n) is 8.34. The average Bonchev–Trinajstić information content (AvgIpc) is 2.67. The summed E-state index contributed by atoms with van der Waals surface area (Å²) < 4.78 is 13.7. The number of halogens is 1. The molecule has 4 nitrogen and oxygen atoms in total. The van der Waals surface area contributed by atoms with Crippen LogP contribution in [0.5, 0.6) is 0 Å². The van der Waals surface area contributed by atoms with Crippen molar-refractivity contribution in [2.75, 3.05) is 18.5 Å². The van der Waals surface area contributed by atoms with Gasteiger partial charge in [0.15, 0.2) is 0 Å². The van der Waals surface area contributed by atoms with Gasteiger partial charge >= 0.3 is 0 Å². The zero-order valence-electron chi connectivity index (χ0n) is 14.4. The summed E-state index contributed by atoms with van der Waals surface area (Å²) in [4.78, 5) is 25.7. The van der Waals surface area contributed by atoms with Crippen LogP contribution in [-0.4, -0.2) is 25.4 Å². The number of carbonyl (C=O) groups is 2. The first-order chi connectivity index (χ1) is 12.6. The third kappa shape index (κ3) is 3.88. The van der Waals surface area contributed by atoms with Gasteiger partial charge in [-0.2, -0.15) is 0 Å². The molecule has 0 radical (unpaired) electrons. The minimum Gasteiger partial charge on any atom is -0.352 e. The van der Waals surface area contributed by atoms with Crippen LogP contribution in [0, 0.1) is 5.82 Å². The lowest BCUT2D eigenvalue weighted by Gasteiger charge is -2.18. The molecule has 3 aromatic carbocycles. The summed E-state index contributed by atoms with van der Waals surface area (Å²) in [5, 5.41) is 4.78. The molecule has 0 aliphatic carbocycles. The summed E-state index contributed by atoms with van der Waals surface area (Å²) in [6, 6.07) is 19.3. The quantitative estimate of drug-likeness (QED) is 0.762. The molecule has 0 saturated carbocycles. The number of anilines is 1. The van der Waals surface area contributed by atoms with Gasteiger partial charge < -0.3 is 10.2 Å². The standard InChI is InChI=1S/C21H19FN2O2/c1-24(19-9-5-4-8-18(19)22)20(25)12-13-23-21(26)17-11-10-15-6-2-3-7-16(15)14-17/h2-11,14H,12-13H2,1H3,(H,23,26). The molecule has 1 N–H and O–H groups in total. The van der Waals surface area contributed by atoms with Crippen LogP contribution in [0.2, 0.25) is 0 Å². The summed E-state index contributed by atoms with van der Waals surface area (Å²) in [6.45, 7) is 0.184. The third-order valence-corrected chi connectivity index (χ3v) is 4.22. The third-order valence-electron chi connectivity index (χ3n) is 4.22. The van der Waals surface area contributed by atoms with E-state index in [1.54, 1.807) is 24.3 Å². The highest BCUT2D eigenvalue weighted by molar-refractivity contribution is 5.99. The van der Waals surface area contributed by atoms with Crippen LogP contribution in [0.3, 0.4) is 0 Å². The van der Waals surface area contributed by atoms with Crippen LogP contribution in [0.25, 0.3) is 10.8 Å². The van der Waals surface area contributed by atoms with Crippen molar-refractivity contribution in [2.24, 2.45) is 0 Å². The topological polar surface area (TPSA) is 49.4 Å². The van der Waals surface area contributed by atoms with E-state index in [2.05, 4.69) is 5.32 Å². The molecule has 3 rings (SSSR count). The van der Waals surface area contributed by atoms with Crippen molar-refractivity contribution < 1.29 is 14.0 Å². The number of benzene rings is 3. The molecule has 26 heavy (non-hydrogen) atoms. The second-order valence-electron chi connectivity index (χ2n) is 5.97. The van der Waals surface area contributed by atoms with Crippen LogP contribution in [-0.2, 0) is 4.79 Å². The predicted octanol–water partition coefficient (Wildman–Crippen LogP) is 3.76. The Morgan fingerprint density at radius 1 is 0.962 bits per heavy atom. The van der Waals surface area contributed by atoms with Crippen LogP contribution >= 0.6 is 0 Å². The maximum atomic E-state index is 13.7. The van der Waals surface area contributed by atoms with Crippen molar-refractivity contribution in [3.63, 3.8) is 0 Å². The molecule has 0 atom stereocenters. The predicted molar refractivity (Wildman–Crippen MR) is 101 cm³/mol.